The number of carboxylic acids is 2. The van der Waals surface area contributed by atoms with Gasteiger partial charge in [-0.05, 0) is 53.9 Å². The van der Waals surface area contributed by atoms with Gasteiger partial charge in [0.25, 0.3) is 8.32 Å². The Labute approximate surface area is 406 Å². The van der Waals surface area contributed by atoms with Crippen LogP contribution in [0, 0.1) is 18.4 Å². The Kier molecular flexibility index (Phi) is 20.7. The smallest absolute Gasteiger partial charge is 0.413 e. The van der Waals surface area contributed by atoms with Crippen molar-refractivity contribution in [2.75, 3.05) is 11.9 Å². The van der Waals surface area contributed by atoms with Crippen molar-refractivity contribution in [2.24, 2.45) is 0 Å². The number of aliphatic carboxylic acids is 2. The van der Waals surface area contributed by atoms with Crippen molar-refractivity contribution in [1.82, 2.24) is 19.5 Å². The zero-order chi connectivity index (χ0) is 49.9. The molecular formula is C52H70FN5O10Si. The summed E-state index contributed by atoms with van der Waals surface area (Å²) in [6.07, 6.45) is 17.6. The molecule has 15 nitrogen and oxygen atoms in total. The number of carbonyl (C=O) groups excluding carboxylic acids is 2. The molecule has 374 valence electrons. The Balaban J connectivity index is 1.30. The summed E-state index contributed by atoms with van der Waals surface area (Å²) in [5, 5.41) is 22.0. The van der Waals surface area contributed by atoms with E-state index in [1.54, 1.807) is 0 Å². The summed E-state index contributed by atoms with van der Waals surface area (Å²) in [4.78, 5) is 60.2. The predicted octanol–water partition coefficient (Wildman–Crippen LogP) is 9.87. The van der Waals surface area contributed by atoms with E-state index in [9.17, 15) is 19.2 Å². The molecule has 3 heterocycles. The molecule has 1 amide bonds. The van der Waals surface area contributed by atoms with Crippen molar-refractivity contribution < 1.29 is 52.4 Å². The van der Waals surface area contributed by atoms with E-state index in [1.807, 2.05) is 36.4 Å². The standard InChI is InChI=1S/C52H70FN5O10Si/c1-6-52(36-65-69(51(3,4)5,40-29-21-17-22-30-40)41-31-23-18-24-32-41)42(66-38(2)59)35-43(68-52)58-37-54-46-47(55-49(53)57-48(46)58)56-50(64)67-39(27-19-13-9-7-11-15-25-33-44(60)61)28-20-14-10-8-12-16-26-34-45(62)63/h1,17-18,21-24,29-32,37,39,42-43H,7-16,19-20,25-28,33-36H2,2-5H3,(H,60,61)(H,62,63)(H,55,56,57,64)/t42-,43+,52+/m0/s1. The highest BCUT2D eigenvalue weighted by atomic mass is 28.4. The number of anilines is 1. The normalized spacial score (nSPS) is 17.2. The molecule has 3 atom stereocenters. The second-order valence-electron chi connectivity index (χ2n) is 19.0. The van der Waals surface area contributed by atoms with Crippen LogP contribution in [0.4, 0.5) is 15.0 Å². The number of carboxylic acid groups (broad SMARTS) is 2. The molecule has 1 aliphatic rings. The maximum absolute atomic E-state index is 15.4. The van der Waals surface area contributed by atoms with Gasteiger partial charge in [0.1, 0.15) is 18.4 Å². The maximum atomic E-state index is 15.4. The number of imidazole rings is 1. The lowest BCUT2D eigenvalue weighted by Gasteiger charge is -2.44. The molecule has 0 spiro atoms. The molecule has 17 heteroatoms. The highest BCUT2D eigenvalue weighted by molar-refractivity contribution is 6.99. The predicted molar refractivity (Wildman–Crippen MR) is 263 cm³/mol. The number of fused-ring (bicyclic) bond motifs is 1. The number of terminal acetylenes is 1. The van der Waals surface area contributed by atoms with Crippen LogP contribution >= 0.6 is 0 Å². The van der Waals surface area contributed by atoms with Crippen LogP contribution in [0.5, 0.6) is 0 Å². The first-order valence-corrected chi connectivity index (χ1v) is 26.4. The number of esters is 1. The Morgan fingerprint density at radius 1 is 0.841 bits per heavy atom. The molecule has 0 radical (unpaired) electrons. The average molecular weight is 972 g/mol. The minimum absolute atomic E-state index is 0.00701. The number of nitrogens with one attached hydrogen (secondary N) is 1. The molecule has 3 N–H and O–H groups in total. The van der Waals surface area contributed by atoms with Crippen LogP contribution in [0.1, 0.15) is 156 Å². The molecule has 5 rings (SSSR count). The van der Waals surface area contributed by atoms with Crippen LogP contribution in [-0.4, -0.2) is 86.5 Å². The topological polar surface area (TPSA) is 201 Å². The highest BCUT2D eigenvalue weighted by Gasteiger charge is 2.56. The summed E-state index contributed by atoms with van der Waals surface area (Å²) in [6.45, 7) is 7.55. The van der Waals surface area contributed by atoms with Gasteiger partial charge in [0.2, 0.25) is 0 Å². The second-order valence-corrected chi connectivity index (χ2v) is 23.3. The number of carbonyl (C=O) groups is 4. The van der Waals surface area contributed by atoms with Gasteiger partial charge in [-0.15, -0.1) is 6.42 Å². The van der Waals surface area contributed by atoms with Crippen molar-refractivity contribution in [3.63, 3.8) is 0 Å². The van der Waals surface area contributed by atoms with Crippen LogP contribution in [0.25, 0.3) is 11.2 Å². The summed E-state index contributed by atoms with van der Waals surface area (Å²) in [6, 6.07) is 20.0. The zero-order valence-corrected chi connectivity index (χ0v) is 41.6. The third-order valence-corrected chi connectivity index (χ3v) is 17.8. The monoisotopic (exact) mass is 971 g/mol. The first kappa shape index (κ1) is 54.2. The molecular weight excluding hydrogens is 902 g/mol. The Morgan fingerprint density at radius 2 is 1.35 bits per heavy atom. The van der Waals surface area contributed by atoms with Crippen LogP contribution in [0.2, 0.25) is 5.04 Å². The van der Waals surface area contributed by atoms with E-state index in [0.717, 1.165) is 87.4 Å². The van der Waals surface area contributed by atoms with Gasteiger partial charge in [0, 0.05) is 26.2 Å². The lowest BCUT2D eigenvalue weighted by molar-refractivity contribution is -0.155. The number of rotatable bonds is 29. The van der Waals surface area contributed by atoms with E-state index in [2.05, 4.69) is 71.2 Å². The van der Waals surface area contributed by atoms with E-state index in [1.165, 1.54) is 17.8 Å². The van der Waals surface area contributed by atoms with Gasteiger partial charge in [-0.3, -0.25) is 24.3 Å². The van der Waals surface area contributed by atoms with Gasteiger partial charge in [0.05, 0.1) is 12.9 Å². The lowest BCUT2D eigenvalue weighted by Crippen LogP contribution is -2.68. The van der Waals surface area contributed by atoms with E-state index >= 15 is 4.39 Å². The van der Waals surface area contributed by atoms with Crippen LogP contribution in [0.3, 0.4) is 0 Å². The van der Waals surface area contributed by atoms with Gasteiger partial charge in [-0.2, -0.15) is 14.4 Å². The molecule has 1 saturated heterocycles. The van der Waals surface area contributed by atoms with Gasteiger partial charge < -0.3 is 28.8 Å². The fourth-order valence-electron chi connectivity index (χ4n) is 9.32. The first-order valence-electron chi connectivity index (χ1n) is 24.5. The summed E-state index contributed by atoms with van der Waals surface area (Å²) < 4.78 is 42.6. The van der Waals surface area contributed by atoms with Crippen LogP contribution in [0.15, 0.2) is 67.0 Å². The number of ether oxygens (including phenoxy) is 3. The molecule has 1 fully saturated rings. The number of unbranched alkanes of at least 4 members (excludes halogenated alkanes) is 12. The number of hydrogen-bond acceptors (Lipinski definition) is 11. The molecule has 0 bridgehead atoms. The fraction of sp³-hybridized carbons (Fsp3) is 0.558. The molecule has 2 aromatic carbocycles. The number of hydrogen-bond donors (Lipinski definition) is 3. The Morgan fingerprint density at radius 3 is 1.83 bits per heavy atom. The molecule has 0 saturated carbocycles. The van der Waals surface area contributed by atoms with Gasteiger partial charge in [-0.25, -0.2) is 9.78 Å². The van der Waals surface area contributed by atoms with Crippen LogP contribution < -0.4 is 15.7 Å². The van der Waals surface area contributed by atoms with Crippen molar-refractivity contribution in [2.45, 2.75) is 179 Å². The quantitative estimate of drug-likeness (QED) is 0.0153. The fourth-order valence-corrected chi connectivity index (χ4v) is 13.9. The molecule has 69 heavy (non-hydrogen) atoms. The summed E-state index contributed by atoms with van der Waals surface area (Å²) in [5.41, 5.74) is -1.51. The number of halogens is 1. The van der Waals surface area contributed by atoms with Gasteiger partial charge in [0.15, 0.2) is 22.6 Å². The highest BCUT2D eigenvalue weighted by Crippen LogP contribution is 2.43. The summed E-state index contributed by atoms with van der Waals surface area (Å²) >= 11 is 0. The summed E-state index contributed by atoms with van der Waals surface area (Å²) in [5.74, 6) is 0.462. The third kappa shape index (κ3) is 15.4. The molecule has 2 aromatic heterocycles. The van der Waals surface area contributed by atoms with E-state index in [-0.39, 0.29) is 42.9 Å². The third-order valence-electron chi connectivity index (χ3n) is 12.8. The van der Waals surface area contributed by atoms with E-state index in [0.29, 0.717) is 25.7 Å². The van der Waals surface area contributed by atoms with Gasteiger partial charge in [-0.1, -0.05) is 152 Å². The minimum atomic E-state index is -3.15. The zero-order valence-electron chi connectivity index (χ0n) is 40.6. The SMILES string of the molecule is C#C[C@]1(CO[Si](c2ccccc2)(c2ccccc2)C(C)(C)C)O[C@@H](n2cnc3c(NC(=O)OC(CCCCCCCCCC(=O)O)CCCCCCCCCC(=O)O)nc(F)nc32)C[C@@H]1OC(C)=O. The number of aromatic nitrogens is 4. The largest absolute Gasteiger partial charge is 0.481 e. The number of amides is 1. The van der Waals surface area contributed by atoms with Crippen molar-refractivity contribution >= 4 is 59.7 Å². The van der Waals surface area contributed by atoms with Crippen molar-refractivity contribution in [1.29, 1.82) is 0 Å². The van der Waals surface area contributed by atoms with E-state index in [4.69, 9.17) is 35.3 Å². The average Bonchev–Trinajstić information content (AvgIpc) is 3.89. The van der Waals surface area contributed by atoms with E-state index < -0.39 is 67.5 Å². The van der Waals surface area contributed by atoms with Crippen molar-refractivity contribution in [3.8, 4) is 12.3 Å². The molecule has 0 unspecified atom stereocenters. The lowest BCUT2D eigenvalue weighted by atomic mass is 9.98. The Bertz CT molecular complexity index is 2250. The van der Waals surface area contributed by atoms with Crippen molar-refractivity contribution in [3.05, 3.63) is 73.1 Å². The minimum Gasteiger partial charge on any atom is -0.481 e. The first-order chi connectivity index (χ1) is 33.1. The second kappa shape index (κ2) is 26.3. The molecule has 0 aliphatic carbocycles. The summed E-state index contributed by atoms with van der Waals surface area (Å²) in [7, 11) is -3.15. The molecule has 1 aliphatic heterocycles. The Hall–Kier alpha value is -5.70. The number of nitrogens with zero attached hydrogens (tertiary/aromatic N) is 4. The maximum Gasteiger partial charge on any atom is 0.413 e. The molecule has 4 aromatic rings. The van der Waals surface area contributed by atoms with Crippen LogP contribution in [-0.2, 0) is 33.0 Å². The van der Waals surface area contributed by atoms with Gasteiger partial charge >= 0.3 is 30.1 Å². The number of benzene rings is 2.